The molecule has 140 valence electrons. The van der Waals surface area contributed by atoms with E-state index in [1.807, 2.05) is 10.9 Å². The molecular weight excluding hydrogens is 356 g/mol. The fraction of sp³-hybridized carbons (Fsp3) is 0.389. The van der Waals surface area contributed by atoms with Crippen LogP contribution in [0.2, 0.25) is 0 Å². The summed E-state index contributed by atoms with van der Waals surface area (Å²) in [5.41, 5.74) is 2.21. The number of amides is 1. The second-order valence-corrected chi connectivity index (χ2v) is 6.16. The molecule has 0 aliphatic carbocycles. The third-order valence-corrected chi connectivity index (χ3v) is 4.38. The lowest BCUT2D eigenvalue weighted by Gasteiger charge is -2.22. The van der Waals surface area contributed by atoms with Crippen LogP contribution in [-0.2, 0) is 4.74 Å². The van der Waals surface area contributed by atoms with E-state index in [4.69, 9.17) is 4.74 Å². The molecule has 26 heavy (non-hydrogen) atoms. The summed E-state index contributed by atoms with van der Waals surface area (Å²) in [6, 6.07) is 7.07. The second kappa shape index (κ2) is 8.82. The molecule has 2 aromatic rings. The zero-order chi connectivity index (χ0) is 17.8. The van der Waals surface area contributed by atoms with E-state index >= 15 is 0 Å². The molecule has 1 aromatic heterocycles. The van der Waals surface area contributed by atoms with Crippen LogP contribution in [0.1, 0.15) is 45.3 Å². The Morgan fingerprint density at radius 3 is 2.81 bits per heavy atom. The van der Waals surface area contributed by atoms with Gasteiger partial charge in [-0.25, -0.2) is 4.79 Å². The molecule has 1 fully saturated rings. The first-order chi connectivity index (χ1) is 12.1. The number of carbonyl (C=O) groups excluding carboxylic acids is 2. The summed E-state index contributed by atoms with van der Waals surface area (Å²) in [5.74, 6) is -0.664. The lowest BCUT2D eigenvalue weighted by atomic mass is 10.1. The highest BCUT2D eigenvalue weighted by Crippen LogP contribution is 2.18. The number of nitrogens with one attached hydrogen (secondary N) is 2. The predicted molar refractivity (Wildman–Crippen MR) is 101 cm³/mol. The lowest BCUT2D eigenvalue weighted by molar-refractivity contribution is 0.0600. The maximum absolute atomic E-state index is 12.4. The lowest BCUT2D eigenvalue weighted by Crippen LogP contribution is -2.32. The highest BCUT2D eigenvalue weighted by Gasteiger charge is 2.18. The third-order valence-electron chi connectivity index (χ3n) is 4.38. The van der Waals surface area contributed by atoms with Crippen LogP contribution in [0.4, 0.5) is 5.69 Å². The number of aromatic nitrogens is 2. The number of esters is 1. The molecule has 7 nitrogen and oxygen atoms in total. The zero-order valence-electron chi connectivity index (χ0n) is 14.8. The summed E-state index contributed by atoms with van der Waals surface area (Å²) in [7, 11) is 1.34. The number of aryl methyl sites for hydroxylation is 1. The van der Waals surface area contributed by atoms with Crippen molar-refractivity contribution in [1.29, 1.82) is 0 Å². The normalized spacial score (nSPS) is 16.5. The topological polar surface area (TPSA) is 85.2 Å². The van der Waals surface area contributed by atoms with Crippen molar-refractivity contribution in [2.24, 2.45) is 0 Å². The van der Waals surface area contributed by atoms with Gasteiger partial charge in [-0.05, 0) is 56.1 Å². The van der Waals surface area contributed by atoms with E-state index in [0.717, 1.165) is 31.5 Å². The summed E-state index contributed by atoms with van der Waals surface area (Å²) in [4.78, 5) is 24.0. The minimum Gasteiger partial charge on any atom is -0.465 e. The molecule has 1 saturated heterocycles. The van der Waals surface area contributed by atoms with Crippen molar-refractivity contribution >= 4 is 30.0 Å². The van der Waals surface area contributed by atoms with Gasteiger partial charge in [-0.15, -0.1) is 12.4 Å². The molecule has 1 amide bonds. The average molecular weight is 379 g/mol. The number of benzene rings is 1. The second-order valence-electron chi connectivity index (χ2n) is 6.16. The average Bonchev–Trinajstić information content (AvgIpc) is 3.12. The number of hydrogen-bond acceptors (Lipinski definition) is 5. The van der Waals surface area contributed by atoms with Gasteiger partial charge in [0.25, 0.3) is 5.91 Å². The third kappa shape index (κ3) is 4.42. The van der Waals surface area contributed by atoms with E-state index < -0.39 is 5.97 Å². The Bertz CT molecular complexity index is 784. The van der Waals surface area contributed by atoms with Crippen molar-refractivity contribution in [2.45, 2.75) is 25.8 Å². The van der Waals surface area contributed by atoms with Crippen molar-refractivity contribution in [3.05, 3.63) is 47.3 Å². The van der Waals surface area contributed by atoms with Crippen LogP contribution in [0.5, 0.6) is 0 Å². The fourth-order valence-corrected chi connectivity index (χ4v) is 3.00. The summed E-state index contributed by atoms with van der Waals surface area (Å²) in [6.07, 6.45) is 4.01. The maximum Gasteiger partial charge on any atom is 0.338 e. The van der Waals surface area contributed by atoms with Crippen molar-refractivity contribution in [3.63, 3.8) is 0 Å². The minimum atomic E-state index is -0.393. The van der Waals surface area contributed by atoms with Gasteiger partial charge in [0, 0.05) is 18.4 Å². The number of anilines is 1. The Morgan fingerprint density at radius 1 is 1.35 bits per heavy atom. The van der Waals surface area contributed by atoms with Crippen LogP contribution >= 0.6 is 12.4 Å². The Balaban J connectivity index is 0.00000243. The van der Waals surface area contributed by atoms with Gasteiger partial charge in [-0.1, -0.05) is 0 Å². The first-order valence-corrected chi connectivity index (χ1v) is 8.34. The molecule has 2 N–H and O–H groups in total. The highest BCUT2D eigenvalue weighted by molar-refractivity contribution is 6.03. The van der Waals surface area contributed by atoms with Crippen molar-refractivity contribution in [2.75, 3.05) is 25.5 Å². The molecule has 0 radical (unpaired) electrons. The van der Waals surface area contributed by atoms with Crippen molar-refractivity contribution in [1.82, 2.24) is 15.1 Å². The molecule has 1 aliphatic heterocycles. The number of carbonyl (C=O) groups is 2. The molecule has 1 aliphatic rings. The summed E-state index contributed by atoms with van der Waals surface area (Å²) in [5, 5.41) is 10.6. The van der Waals surface area contributed by atoms with Crippen molar-refractivity contribution < 1.29 is 14.3 Å². The van der Waals surface area contributed by atoms with E-state index in [1.165, 1.54) is 7.11 Å². The SMILES string of the molecule is COC(=O)c1ccc(NC(=O)c2ccn(C3CCCNC3)n2)cc1C.Cl. The van der Waals surface area contributed by atoms with Gasteiger partial charge in [0.05, 0.1) is 18.7 Å². The number of piperidine rings is 1. The van der Waals surface area contributed by atoms with Crippen LogP contribution in [-0.4, -0.2) is 41.9 Å². The molecule has 8 heteroatoms. The standard InChI is InChI=1S/C18H22N4O3.ClH/c1-12-10-13(5-6-15(12)18(24)25-2)20-17(23)16-7-9-22(21-16)14-4-3-8-19-11-14;/h5-7,9-10,14,19H,3-4,8,11H2,1-2H3,(H,20,23);1H. The van der Waals surface area contributed by atoms with Gasteiger partial charge in [0.1, 0.15) is 0 Å². The number of halogens is 1. The number of nitrogens with zero attached hydrogens (tertiary/aromatic N) is 2. The molecular formula is C18H23ClN4O3. The Labute approximate surface area is 158 Å². The quantitative estimate of drug-likeness (QED) is 0.799. The largest absolute Gasteiger partial charge is 0.465 e. The molecule has 1 atom stereocenters. The van der Waals surface area contributed by atoms with E-state index in [2.05, 4.69) is 15.7 Å². The van der Waals surface area contributed by atoms with Gasteiger partial charge in [0.15, 0.2) is 5.69 Å². The molecule has 3 rings (SSSR count). The van der Waals surface area contributed by atoms with Crippen LogP contribution < -0.4 is 10.6 Å². The summed E-state index contributed by atoms with van der Waals surface area (Å²) < 4.78 is 6.58. The monoisotopic (exact) mass is 378 g/mol. The van der Waals surface area contributed by atoms with Crippen LogP contribution in [0.3, 0.4) is 0 Å². The van der Waals surface area contributed by atoms with E-state index in [0.29, 0.717) is 16.9 Å². The van der Waals surface area contributed by atoms with E-state index in [9.17, 15) is 9.59 Å². The molecule has 0 spiro atoms. The van der Waals surface area contributed by atoms with Gasteiger partial charge in [-0.3, -0.25) is 9.48 Å². The Morgan fingerprint density at radius 2 is 2.15 bits per heavy atom. The number of ether oxygens (including phenoxy) is 1. The Kier molecular flexibility index (Phi) is 6.76. The predicted octanol–water partition coefficient (Wildman–Crippen LogP) is 2.58. The summed E-state index contributed by atoms with van der Waals surface area (Å²) >= 11 is 0. The van der Waals surface area contributed by atoms with E-state index in [1.54, 1.807) is 31.2 Å². The fourth-order valence-electron chi connectivity index (χ4n) is 3.00. The summed E-state index contributed by atoms with van der Waals surface area (Å²) in [6.45, 7) is 3.70. The molecule has 0 bridgehead atoms. The van der Waals surface area contributed by atoms with Crippen LogP contribution in [0.25, 0.3) is 0 Å². The maximum atomic E-state index is 12.4. The van der Waals surface area contributed by atoms with Gasteiger partial charge >= 0.3 is 5.97 Å². The van der Waals surface area contributed by atoms with Gasteiger partial charge in [-0.2, -0.15) is 5.10 Å². The Hall–Kier alpha value is -2.38. The first kappa shape index (κ1) is 19.9. The molecule has 1 unspecified atom stereocenters. The van der Waals surface area contributed by atoms with Crippen LogP contribution in [0.15, 0.2) is 30.5 Å². The van der Waals surface area contributed by atoms with E-state index in [-0.39, 0.29) is 24.4 Å². The van der Waals surface area contributed by atoms with Crippen molar-refractivity contribution in [3.8, 4) is 0 Å². The molecule has 0 saturated carbocycles. The van der Waals surface area contributed by atoms with Gasteiger partial charge < -0.3 is 15.4 Å². The number of rotatable bonds is 4. The molecule has 1 aromatic carbocycles. The zero-order valence-corrected chi connectivity index (χ0v) is 15.6. The molecule has 2 heterocycles. The number of hydrogen-bond donors (Lipinski definition) is 2. The first-order valence-electron chi connectivity index (χ1n) is 8.34. The number of methoxy groups -OCH3 is 1. The van der Waals surface area contributed by atoms with Gasteiger partial charge in [0.2, 0.25) is 0 Å². The van der Waals surface area contributed by atoms with Crippen LogP contribution in [0, 0.1) is 6.92 Å². The highest BCUT2D eigenvalue weighted by atomic mass is 35.5. The minimum absolute atomic E-state index is 0. The smallest absolute Gasteiger partial charge is 0.338 e.